The maximum Gasteiger partial charge on any atom is 0.168 e. The van der Waals surface area contributed by atoms with E-state index >= 15 is 0 Å². The van der Waals surface area contributed by atoms with Crippen molar-refractivity contribution < 1.29 is 9.53 Å². The van der Waals surface area contributed by atoms with Gasteiger partial charge in [0.05, 0.1) is 28.9 Å². The van der Waals surface area contributed by atoms with Crippen LogP contribution < -0.4 is 4.74 Å². The van der Waals surface area contributed by atoms with Crippen LogP contribution in [0.4, 0.5) is 0 Å². The van der Waals surface area contributed by atoms with E-state index in [2.05, 4.69) is 5.10 Å². The SMILES string of the molecule is Cc1nn(C)c(CC(=O)c2cccc(OC(C)C)c2)c1Cl. The van der Waals surface area contributed by atoms with Crippen molar-refractivity contribution in [3.05, 3.63) is 46.2 Å². The smallest absolute Gasteiger partial charge is 0.168 e. The first-order valence-electron chi connectivity index (χ1n) is 6.86. The van der Waals surface area contributed by atoms with E-state index in [9.17, 15) is 4.79 Å². The van der Waals surface area contributed by atoms with Crippen molar-refractivity contribution in [2.24, 2.45) is 7.05 Å². The fourth-order valence-electron chi connectivity index (χ4n) is 2.14. The quantitative estimate of drug-likeness (QED) is 0.793. The molecule has 0 saturated heterocycles. The zero-order valence-electron chi connectivity index (χ0n) is 12.7. The molecule has 0 amide bonds. The highest BCUT2D eigenvalue weighted by Gasteiger charge is 2.16. The van der Waals surface area contributed by atoms with Crippen LogP contribution in [-0.2, 0) is 13.5 Å². The van der Waals surface area contributed by atoms with E-state index < -0.39 is 0 Å². The molecule has 21 heavy (non-hydrogen) atoms. The summed E-state index contributed by atoms with van der Waals surface area (Å²) in [5.74, 6) is 0.692. The van der Waals surface area contributed by atoms with E-state index in [4.69, 9.17) is 16.3 Å². The van der Waals surface area contributed by atoms with Gasteiger partial charge >= 0.3 is 0 Å². The van der Waals surface area contributed by atoms with E-state index in [0.29, 0.717) is 16.3 Å². The molecule has 0 aliphatic heterocycles. The van der Waals surface area contributed by atoms with Crippen LogP contribution in [0.1, 0.15) is 35.6 Å². The molecule has 0 fully saturated rings. The van der Waals surface area contributed by atoms with Gasteiger partial charge in [-0.1, -0.05) is 23.7 Å². The van der Waals surface area contributed by atoms with Gasteiger partial charge in [0, 0.05) is 12.6 Å². The number of carbonyl (C=O) groups excluding carboxylic acids is 1. The average Bonchev–Trinajstić information content (AvgIpc) is 2.65. The number of Topliss-reactive ketones (excluding diaryl/α,β-unsaturated/α-hetero) is 1. The third kappa shape index (κ3) is 3.64. The lowest BCUT2D eigenvalue weighted by atomic mass is 10.1. The van der Waals surface area contributed by atoms with Crippen LogP contribution in [0.2, 0.25) is 5.02 Å². The Morgan fingerprint density at radius 1 is 1.43 bits per heavy atom. The van der Waals surface area contributed by atoms with Gasteiger partial charge in [0.1, 0.15) is 5.75 Å². The van der Waals surface area contributed by atoms with Gasteiger partial charge in [0.2, 0.25) is 0 Å². The van der Waals surface area contributed by atoms with Crippen LogP contribution in [-0.4, -0.2) is 21.7 Å². The molecular formula is C16H19ClN2O2. The lowest BCUT2D eigenvalue weighted by molar-refractivity contribution is 0.0990. The number of hydrogen-bond donors (Lipinski definition) is 0. The topological polar surface area (TPSA) is 44.1 Å². The maximum atomic E-state index is 12.4. The highest BCUT2D eigenvalue weighted by atomic mass is 35.5. The third-order valence-corrected chi connectivity index (χ3v) is 3.61. The van der Waals surface area contributed by atoms with Crippen LogP contribution >= 0.6 is 11.6 Å². The first-order chi connectivity index (χ1) is 9.88. The molecular weight excluding hydrogens is 288 g/mol. The second-order valence-corrected chi connectivity index (χ2v) is 5.64. The molecule has 112 valence electrons. The fourth-order valence-corrected chi connectivity index (χ4v) is 2.37. The van der Waals surface area contributed by atoms with Gasteiger partial charge in [0.25, 0.3) is 0 Å². The monoisotopic (exact) mass is 306 g/mol. The highest BCUT2D eigenvalue weighted by molar-refractivity contribution is 6.32. The molecule has 0 radical (unpaired) electrons. The van der Waals surface area contributed by atoms with E-state index in [1.165, 1.54) is 0 Å². The van der Waals surface area contributed by atoms with E-state index in [0.717, 1.165) is 11.4 Å². The number of aromatic nitrogens is 2. The largest absolute Gasteiger partial charge is 0.491 e. The number of rotatable bonds is 5. The van der Waals surface area contributed by atoms with Crippen LogP contribution in [0.5, 0.6) is 5.75 Å². The van der Waals surface area contributed by atoms with Crippen molar-refractivity contribution >= 4 is 17.4 Å². The number of benzene rings is 1. The highest BCUT2D eigenvalue weighted by Crippen LogP contribution is 2.22. The Bertz CT molecular complexity index is 662. The summed E-state index contributed by atoms with van der Waals surface area (Å²) in [6.07, 6.45) is 0.297. The van der Waals surface area contributed by atoms with Gasteiger partial charge in [-0.3, -0.25) is 9.48 Å². The molecule has 1 heterocycles. The second kappa shape index (κ2) is 6.31. The number of nitrogens with zero attached hydrogens (tertiary/aromatic N) is 2. The summed E-state index contributed by atoms with van der Waals surface area (Å²) in [5.41, 5.74) is 2.08. The molecule has 0 aliphatic rings. The first-order valence-corrected chi connectivity index (χ1v) is 7.24. The Labute approximate surface area is 129 Å². The fraction of sp³-hybridized carbons (Fsp3) is 0.375. The Morgan fingerprint density at radius 3 is 2.71 bits per heavy atom. The molecule has 4 nitrogen and oxygen atoms in total. The molecule has 5 heteroatoms. The van der Waals surface area contributed by atoms with Crippen molar-refractivity contribution in [2.45, 2.75) is 33.3 Å². The lowest BCUT2D eigenvalue weighted by Gasteiger charge is -2.10. The van der Waals surface area contributed by atoms with E-state index in [1.54, 1.807) is 23.9 Å². The van der Waals surface area contributed by atoms with Crippen LogP contribution in [0, 0.1) is 6.92 Å². The average molecular weight is 307 g/mol. The summed E-state index contributed by atoms with van der Waals surface area (Å²) in [6.45, 7) is 5.73. The molecule has 2 rings (SSSR count). The summed E-state index contributed by atoms with van der Waals surface area (Å²) < 4.78 is 7.27. The normalized spacial score (nSPS) is 11.0. The number of carbonyl (C=O) groups is 1. The van der Waals surface area contributed by atoms with Crippen molar-refractivity contribution in [1.82, 2.24) is 9.78 Å². The Morgan fingerprint density at radius 2 is 2.14 bits per heavy atom. The van der Waals surface area contributed by atoms with Crippen molar-refractivity contribution in [2.75, 3.05) is 0 Å². The van der Waals surface area contributed by atoms with E-state index in [-0.39, 0.29) is 18.3 Å². The van der Waals surface area contributed by atoms with Gasteiger partial charge in [-0.2, -0.15) is 5.10 Å². The Hall–Kier alpha value is -1.81. The van der Waals surface area contributed by atoms with Crippen LogP contribution in [0.25, 0.3) is 0 Å². The summed E-state index contributed by atoms with van der Waals surface area (Å²) in [4.78, 5) is 12.4. The minimum absolute atomic E-state index is 0.00546. The summed E-state index contributed by atoms with van der Waals surface area (Å²) >= 11 is 6.19. The molecule has 1 aromatic carbocycles. The Balaban J connectivity index is 2.20. The molecule has 0 saturated carbocycles. The molecule has 0 atom stereocenters. The molecule has 2 aromatic rings. The molecule has 0 spiro atoms. The number of ether oxygens (including phenoxy) is 1. The van der Waals surface area contributed by atoms with Crippen molar-refractivity contribution in [3.8, 4) is 5.75 Å². The molecule has 1 aromatic heterocycles. The lowest BCUT2D eigenvalue weighted by Crippen LogP contribution is -2.10. The summed E-state index contributed by atoms with van der Waals surface area (Å²) in [7, 11) is 1.79. The molecule has 0 unspecified atom stereocenters. The van der Waals surface area contributed by atoms with Gasteiger partial charge in [-0.25, -0.2) is 0 Å². The minimum Gasteiger partial charge on any atom is -0.491 e. The Kier molecular flexibility index (Phi) is 4.68. The minimum atomic E-state index is -0.00546. The van der Waals surface area contributed by atoms with Crippen LogP contribution in [0.15, 0.2) is 24.3 Å². The first kappa shape index (κ1) is 15.6. The number of hydrogen-bond acceptors (Lipinski definition) is 3. The number of halogens is 1. The molecule has 0 bridgehead atoms. The zero-order valence-corrected chi connectivity index (χ0v) is 13.4. The third-order valence-electron chi connectivity index (χ3n) is 3.12. The number of aryl methyl sites for hydroxylation is 2. The molecule has 0 aliphatic carbocycles. The summed E-state index contributed by atoms with van der Waals surface area (Å²) in [5, 5.41) is 4.78. The number of ketones is 1. The predicted octanol–water partition coefficient (Wildman–Crippen LogP) is 3.59. The second-order valence-electron chi connectivity index (χ2n) is 5.26. The van der Waals surface area contributed by atoms with Gasteiger partial charge < -0.3 is 4.74 Å². The molecule has 0 N–H and O–H groups in total. The standard InChI is InChI=1S/C16H19ClN2O2/c1-10(2)21-13-7-5-6-12(8-13)15(20)9-14-16(17)11(3)18-19(14)4/h5-8,10H,9H2,1-4H3. The summed E-state index contributed by atoms with van der Waals surface area (Å²) in [6, 6.07) is 7.21. The van der Waals surface area contributed by atoms with Crippen LogP contribution in [0.3, 0.4) is 0 Å². The van der Waals surface area contributed by atoms with Gasteiger partial charge in [0.15, 0.2) is 5.78 Å². The zero-order chi connectivity index (χ0) is 15.6. The van der Waals surface area contributed by atoms with E-state index in [1.807, 2.05) is 32.9 Å². The maximum absolute atomic E-state index is 12.4. The van der Waals surface area contributed by atoms with Gasteiger partial charge in [-0.15, -0.1) is 0 Å². The van der Waals surface area contributed by atoms with Crippen molar-refractivity contribution in [1.29, 1.82) is 0 Å². The predicted molar refractivity (Wildman–Crippen MR) is 83.2 cm³/mol. The van der Waals surface area contributed by atoms with Crippen molar-refractivity contribution in [3.63, 3.8) is 0 Å². The van der Waals surface area contributed by atoms with Gasteiger partial charge in [-0.05, 0) is 32.9 Å².